The molecule has 1 saturated heterocycles. The fourth-order valence-corrected chi connectivity index (χ4v) is 4.21. The van der Waals surface area contributed by atoms with Crippen LogP contribution in [0.25, 0.3) is 0 Å². The maximum Gasteiger partial charge on any atom is 0.247 e. The summed E-state index contributed by atoms with van der Waals surface area (Å²) in [6.07, 6.45) is 3.35. The largest absolute Gasteiger partial charge is 0.341 e. The molecule has 156 valence electrons. The summed E-state index contributed by atoms with van der Waals surface area (Å²) in [6, 6.07) is 16.3. The number of amides is 1. The molecule has 1 aromatic heterocycles. The number of carbonyl (C=O) groups excluding carboxylic acids is 1. The lowest BCUT2D eigenvalue weighted by Gasteiger charge is -2.34. The van der Waals surface area contributed by atoms with Crippen LogP contribution in [0.2, 0.25) is 0 Å². The van der Waals surface area contributed by atoms with Crippen molar-refractivity contribution in [1.82, 2.24) is 25.1 Å². The zero-order valence-electron chi connectivity index (χ0n) is 17.1. The van der Waals surface area contributed by atoms with E-state index in [2.05, 4.69) is 39.8 Å². The maximum atomic E-state index is 13.7. The molecule has 1 aliphatic heterocycles. The minimum absolute atomic E-state index is 0.00665. The van der Waals surface area contributed by atoms with Gasteiger partial charge in [-0.2, -0.15) is 0 Å². The van der Waals surface area contributed by atoms with Crippen LogP contribution in [-0.2, 0) is 17.6 Å². The van der Waals surface area contributed by atoms with Crippen LogP contribution < -0.4 is 0 Å². The molecule has 0 bridgehead atoms. The highest BCUT2D eigenvalue weighted by atomic mass is 19.1. The first-order chi connectivity index (χ1) is 14.6. The Kier molecular flexibility index (Phi) is 6.16. The Morgan fingerprint density at radius 3 is 2.50 bits per heavy atom. The van der Waals surface area contributed by atoms with E-state index in [1.807, 2.05) is 17.0 Å². The van der Waals surface area contributed by atoms with Crippen LogP contribution in [0.4, 0.5) is 4.39 Å². The van der Waals surface area contributed by atoms with Crippen molar-refractivity contribution in [3.63, 3.8) is 0 Å². The van der Waals surface area contributed by atoms with Crippen molar-refractivity contribution in [3.8, 4) is 0 Å². The fourth-order valence-electron chi connectivity index (χ4n) is 4.21. The molecule has 1 aliphatic rings. The van der Waals surface area contributed by atoms with Crippen LogP contribution in [0.1, 0.15) is 35.8 Å². The molecule has 0 saturated carbocycles. The number of halogens is 1. The summed E-state index contributed by atoms with van der Waals surface area (Å²) >= 11 is 0. The van der Waals surface area contributed by atoms with E-state index >= 15 is 0 Å². The molecular formula is C23H26FN5O. The lowest BCUT2D eigenvalue weighted by molar-refractivity contribution is -0.136. The predicted octanol–water partition coefficient (Wildman–Crippen LogP) is 3.39. The summed E-state index contributed by atoms with van der Waals surface area (Å²) in [5.74, 6) is 0.832. The minimum atomic E-state index is -0.576. The van der Waals surface area contributed by atoms with Crippen LogP contribution in [0.5, 0.6) is 0 Å². The molecule has 2 aromatic carbocycles. The molecule has 0 radical (unpaired) electrons. The Morgan fingerprint density at radius 2 is 1.83 bits per heavy atom. The summed E-state index contributed by atoms with van der Waals surface area (Å²) in [6.45, 7) is 3.21. The topological polar surface area (TPSA) is 63.9 Å². The highest BCUT2D eigenvalue weighted by Crippen LogP contribution is 2.25. The van der Waals surface area contributed by atoms with Crippen LogP contribution in [0.3, 0.4) is 0 Å². The highest BCUT2D eigenvalue weighted by Gasteiger charge is 2.31. The van der Waals surface area contributed by atoms with E-state index in [-0.39, 0.29) is 11.7 Å². The number of tetrazole rings is 1. The zero-order valence-corrected chi connectivity index (χ0v) is 17.1. The van der Waals surface area contributed by atoms with Gasteiger partial charge in [0.2, 0.25) is 5.91 Å². The molecule has 0 aliphatic carbocycles. The van der Waals surface area contributed by atoms with Gasteiger partial charge in [0, 0.05) is 19.5 Å². The average molecular weight is 407 g/mol. The van der Waals surface area contributed by atoms with E-state index < -0.39 is 6.04 Å². The molecule has 0 spiro atoms. The van der Waals surface area contributed by atoms with E-state index in [9.17, 15) is 9.18 Å². The number of benzene rings is 2. The molecular weight excluding hydrogens is 381 g/mol. The fraction of sp³-hybridized carbons (Fsp3) is 0.391. The van der Waals surface area contributed by atoms with Gasteiger partial charge in [0.1, 0.15) is 17.7 Å². The Morgan fingerprint density at radius 1 is 1.10 bits per heavy atom. The molecule has 2 heterocycles. The van der Waals surface area contributed by atoms with Crippen molar-refractivity contribution < 1.29 is 9.18 Å². The summed E-state index contributed by atoms with van der Waals surface area (Å²) in [4.78, 5) is 15.3. The third-order valence-electron chi connectivity index (χ3n) is 5.85. The molecule has 0 unspecified atom stereocenters. The number of nitrogens with zero attached hydrogens (tertiary/aromatic N) is 5. The van der Waals surface area contributed by atoms with E-state index in [0.29, 0.717) is 18.2 Å². The maximum absolute atomic E-state index is 13.7. The van der Waals surface area contributed by atoms with Gasteiger partial charge in [-0.15, -0.1) is 5.10 Å². The first-order valence-corrected chi connectivity index (χ1v) is 10.4. The number of hydrogen-bond donors (Lipinski definition) is 0. The van der Waals surface area contributed by atoms with Crippen molar-refractivity contribution in [2.75, 3.05) is 13.1 Å². The number of carbonyl (C=O) groups is 1. The van der Waals surface area contributed by atoms with Crippen molar-refractivity contribution in [2.24, 2.45) is 5.92 Å². The quantitative estimate of drug-likeness (QED) is 0.628. The molecule has 30 heavy (non-hydrogen) atoms. The number of hydrogen-bond acceptors (Lipinski definition) is 4. The van der Waals surface area contributed by atoms with Crippen molar-refractivity contribution >= 4 is 5.91 Å². The Labute approximate surface area is 175 Å². The first-order valence-electron chi connectivity index (χ1n) is 10.4. The molecule has 0 N–H and O–H groups in total. The second-order valence-electron chi connectivity index (χ2n) is 7.98. The molecule has 6 nitrogen and oxygen atoms in total. The molecule has 1 fully saturated rings. The first kappa shape index (κ1) is 20.2. The summed E-state index contributed by atoms with van der Waals surface area (Å²) < 4.78 is 15.2. The van der Waals surface area contributed by atoms with E-state index in [0.717, 1.165) is 37.9 Å². The number of aromatic nitrogens is 4. The summed E-state index contributed by atoms with van der Waals surface area (Å²) in [7, 11) is 0. The van der Waals surface area contributed by atoms with Gasteiger partial charge in [-0.25, -0.2) is 9.07 Å². The number of likely N-dealkylation sites (tertiary alicyclic amines) is 1. The smallest absolute Gasteiger partial charge is 0.247 e. The average Bonchev–Trinajstić information content (AvgIpc) is 3.18. The van der Waals surface area contributed by atoms with Crippen molar-refractivity contribution in [2.45, 2.75) is 38.6 Å². The van der Waals surface area contributed by atoms with Crippen molar-refractivity contribution in [3.05, 3.63) is 77.4 Å². The third-order valence-corrected chi connectivity index (χ3v) is 5.85. The van der Waals surface area contributed by atoms with Crippen LogP contribution in [-0.4, -0.2) is 44.1 Å². The van der Waals surface area contributed by atoms with Crippen LogP contribution >= 0.6 is 0 Å². The van der Waals surface area contributed by atoms with E-state index in [1.165, 1.54) is 17.7 Å². The normalized spacial score (nSPS) is 15.9. The number of rotatable bonds is 6. The Hall–Kier alpha value is -3.09. The summed E-state index contributed by atoms with van der Waals surface area (Å²) in [5.41, 5.74) is 2.10. The van der Waals surface area contributed by atoms with E-state index in [4.69, 9.17) is 0 Å². The Balaban J connectivity index is 1.45. The van der Waals surface area contributed by atoms with Gasteiger partial charge in [0.05, 0.1) is 0 Å². The van der Waals surface area contributed by atoms with Gasteiger partial charge in [-0.3, -0.25) is 4.79 Å². The lowest BCUT2D eigenvalue weighted by Crippen LogP contribution is -2.43. The monoisotopic (exact) mass is 407 g/mol. The highest BCUT2D eigenvalue weighted by molar-refractivity contribution is 5.80. The number of piperidine rings is 1. The number of aryl methyl sites for hydroxylation is 1. The molecule has 3 aromatic rings. The SMILES string of the molecule is Cc1nnnn1[C@H](Cc1cccc(F)c1)C(=O)N1CCC(Cc2ccccc2)CC1. The lowest BCUT2D eigenvalue weighted by atomic mass is 9.90. The third kappa shape index (κ3) is 4.72. The van der Waals surface area contributed by atoms with E-state index in [1.54, 1.807) is 17.7 Å². The van der Waals surface area contributed by atoms with Crippen molar-refractivity contribution in [1.29, 1.82) is 0 Å². The van der Waals surface area contributed by atoms with Gasteiger partial charge in [-0.05, 0) is 65.8 Å². The van der Waals surface area contributed by atoms with Gasteiger partial charge >= 0.3 is 0 Å². The van der Waals surface area contributed by atoms with Crippen LogP contribution in [0, 0.1) is 18.7 Å². The van der Waals surface area contributed by atoms with Gasteiger partial charge in [0.15, 0.2) is 0 Å². The van der Waals surface area contributed by atoms with Gasteiger partial charge in [0.25, 0.3) is 0 Å². The second kappa shape index (κ2) is 9.15. The summed E-state index contributed by atoms with van der Waals surface area (Å²) in [5, 5.41) is 11.7. The molecule has 4 rings (SSSR count). The second-order valence-corrected chi connectivity index (χ2v) is 7.98. The zero-order chi connectivity index (χ0) is 20.9. The predicted molar refractivity (Wildman–Crippen MR) is 111 cm³/mol. The Bertz CT molecular complexity index is 982. The van der Waals surface area contributed by atoms with Gasteiger partial charge in [-0.1, -0.05) is 42.5 Å². The standard InChI is InChI=1S/C23H26FN5O/c1-17-25-26-27-29(17)22(16-20-8-5-9-21(24)15-20)23(30)28-12-10-19(11-13-28)14-18-6-3-2-4-7-18/h2-9,15,19,22H,10-14,16H2,1H3/t22-/m1/s1. The minimum Gasteiger partial charge on any atom is -0.341 e. The molecule has 1 amide bonds. The molecule has 1 atom stereocenters. The van der Waals surface area contributed by atoms with Gasteiger partial charge < -0.3 is 4.90 Å². The molecule has 7 heteroatoms. The van der Waals surface area contributed by atoms with Crippen LogP contribution in [0.15, 0.2) is 54.6 Å².